The van der Waals surface area contributed by atoms with Gasteiger partial charge in [0.05, 0.1) is 17.3 Å². The van der Waals surface area contributed by atoms with E-state index in [2.05, 4.69) is 29.2 Å². The molecular formula is C9H11N3O. The van der Waals surface area contributed by atoms with Crippen LogP contribution in [0.3, 0.4) is 0 Å². The second kappa shape index (κ2) is 2.80. The van der Waals surface area contributed by atoms with Gasteiger partial charge in [-0.2, -0.15) is 10.2 Å². The Morgan fingerprint density at radius 1 is 1.38 bits per heavy atom. The molecule has 2 rings (SSSR count). The average Bonchev–Trinajstić information content (AvgIpc) is 2.48. The van der Waals surface area contributed by atoms with Gasteiger partial charge in [-0.05, 0) is 12.8 Å². The normalized spacial score (nSPS) is 11.4. The molecule has 2 heterocycles. The maximum atomic E-state index is 5.19. The summed E-state index contributed by atoms with van der Waals surface area (Å²) in [5, 5.41) is 12.7. The summed E-state index contributed by atoms with van der Waals surface area (Å²) in [5.41, 5.74) is 2.49. The number of hydrogen-bond acceptors (Lipinski definition) is 4. The SMILES string of the molecule is Cc1nncc2c(C(C)C)noc12. The Morgan fingerprint density at radius 2 is 2.15 bits per heavy atom. The molecular weight excluding hydrogens is 166 g/mol. The minimum atomic E-state index is 0.352. The van der Waals surface area contributed by atoms with Crippen LogP contribution in [0.4, 0.5) is 0 Å². The van der Waals surface area contributed by atoms with Crippen molar-refractivity contribution in [1.29, 1.82) is 0 Å². The van der Waals surface area contributed by atoms with Crippen LogP contribution >= 0.6 is 0 Å². The highest BCUT2D eigenvalue weighted by Crippen LogP contribution is 2.24. The van der Waals surface area contributed by atoms with Crippen molar-refractivity contribution in [2.45, 2.75) is 26.7 Å². The molecule has 13 heavy (non-hydrogen) atoms. The van der Waals surface area contributed by atoms with Gasteiger partial charge in [-0.25, -0.2) is 0 Å². The lowest BCUT2D eigenvalue weighted by molar-refractivity contribution is 0.439. The summed E-state index contributed by atoms with van der Waals surface area (Å²) in [4.78, 5) is 0. The molecule has 4 nitrogen and oxygen atoms in total. The lowest BCUT2D eigenvalue weighted by Gasteiger charge is -1.97. The Kier molecular flexibility index (Phi) is 1.76. The largest absolute Gasteiger partial charge is 0.354 e. The van der Waals surface area contributed by atoms with E-state index >= 15 is 0 Å². The maximum absolute atomic E-state index is 5.19. The van der Waals surface area contributed by atoms with Crippen LogP contribution in [0.5, 0.6) is 0 Å². The number of fused-ring (bicyclic) bond motifs is 1. The highest BCUT2D eigenvalue weighted by Gasteiger charge is 2.13. The summed E-state index contributed by atoms with van der Waals surface area (Å²) >= 11 is 0. The molecule has 0 unspecified atom stereocenters. The first-order valence-electron chi connectivity index (χ1n) is 4.27. The van der Waals surface area contributed by atoms with Crippen molar-refractivity contribution in [2.75, 3.05) is 0 Å². The Balaban J connectivity index is 2.75. The van der Waals surface area contributed by atoms with Crippen LogP contribution in [-0.2, 0) is 0 Å². The summed E-state index contributed by atoms with van der Waals surface area (Å²) in [5.74, 6) is 0.352. The molecule has 0 saturated heterocycles. The second-order valence-electron chi connectivity index (χ2n) is 3.40. The molecule has 2 aromatic heterocycles. The topological polar surface area (TPSA) is 51.8 Å². The van der Waals surface area contributed by atoms with Crippen LogP contribution in [0, 0.1) is 6.92 Å². The fourth-order valence-electron chi connectivity index (χ4n) is 1.33. The van der Waals surface area contributed by atoms with E-state index in [-0.39, 0.29) is 0 Å². The number of aryl methyl sites for hydroxylation is 1. The number of hydrogen-bond donors (Lipinski definition) is 0. The van der Waals surface area contributed by atoms with Gasteiger partial charge < -0.3 is 4.52 Å². The summed E-state index contributed by atoms with van der Waals surface area (Å²) < 4.78 is 5.19. The molecule has 0 aromatic carbocycles. The van der Waals surface area contributed by atoms with Gasteiger partial charge in [-0.3, -0.25) is 0 Å². The molecule has 4 heteroatoms. The number of aromatic nitrogens is 3. The molecule has 0 N–H and O–H groups in total. The van der Waals surface area contributed by atoms with E-state index in [0.717, 1.165) is 22.4 Å². The van der Waals surface area contributed by atoms with Gasteiger partial charge in [-0.15, -0.1) is 0 Å². The summed E-state index contributed by atoms with van der Waals surface area (Å²) in [6.07, 6.45) is 1.70. The van der Waals surface area contributed by atoms with E-state index in [1.165, 1.54) is 0 Å². The van der Waals surface area contributed by atoms with Crippen molar-refractivity contribution in [2.24, 2.45) is 0 Å². The zero-order valence-electron chi connectivity index (χ0n) is 7.90. The van der Waals surface area contributed by atoms with Crippen molar-refractivity contribution in [3.63, 3.8) is 0 Å². The molecule has 0 saturated carbocycles. The minimum Gasteiger partial charge on any atom is -0.354 e. The first-order valence-corrected chi connectivity index (χ1v) is 4.27. The number of rotatable bonds is 1. The highest BCUT2D eigenvalue weighted by atomic mass is 16.5. The summed E-state index contributed by atoms with van der Waals surface area (Å²) in [6, 6.07) is 0. The van der Waals surface area contributed by atoms with Crippen LogP contribution in [-0.4, -0.2) is 15.4 Å². The highest BCUT2D eigenvalue weighted by molar-refractivity contribution is 5.80. The third-order valence-electron chi connectivity index (χ3n) is 2.03. The molecule has 0 aliphatic heterocycles. The molecule has 2 aromatic rings. The van der Waals surface area contributed by atoms with Gasteiger partial charge >= 0.3 is 0 Å². The van der Waals surface area contributed by atoms with E-state index < -0.39 is 0 Å². The predicted octanol–water partition coefficient (Wildman–Crippen LogP) is 2.05. The fourth-order valence-corrected chi connectivity index (χ4v) is 1.33. The Labute approximate surface area is 75.9 Å². The van der Waals surface area contributed by atoms with Crippen molar-refractivity contribution in [3.05, 3.63) is 17.6 Å². The zero-order valence-corrected chi connectivity index (χ0v) is 7.90. The Hall–Kier alpha value is -1.45. The van der Waals surface area contributed by atoms with Gasteiger partial charge in [0.15, 0.2) is 5.58 Å². The van der Waals surface area contributed by atoms with Crippen molar-refractivity contribution >= 4 is 11.0 Å². The quantitative estimate of drug-likeness (QED) is 0.668. The molecule has 0 atom stereocenters. The molecule has 0 spiro atoms. The predicted molar refractivity (Wildman–Crippen MR) is 48.4 cm³/mol. The Morgan fingerprint density at radius 3 is 2.85 bits per heavy atom. The van der Waals surface area contributed by atoms with Crippen LogP contribution in [0.15, 0.2) is 10.7 Å². The third kappa shape index (κ3) is 1.18. The van der Waals surface area contributed by atoms with Crippen LogP contribution < -0.4 is 0 Å². The second-order valence-corrected chi connectivity index (χ2v) is 3.40. The van der Waals surface area contributed by atoms with Gasteiger partial charge in [0.2, 0.25) is 0 Å². The lowest BCUT2D eigenvalue weighted by Crippen LogP contribution is -1.89. The van der Waals surface area contributed by atoms with Gasteiger partial charge in [0, 0.05) is 0 Å². The molecule has 0 radical (unpaired) electrons. The molecule has 0 fully saturated rings. The van der Waals surface area contributed by atoms with Crippen molar-refractivity contribution in [1.82, 2.24) is 15.4 Å². The Bertz CT molecular complexity index is 433. The molecule has 0 aliphatic carbocycles. The zero-order chi connectivity index (χ0) is 9.42. The molecule has 0 aliphatic rings. The van der Waals surface area contributed by atoms with Gasteiger partial charge in [-0.1, -0.05) is 19.0 Å². The van der Waals surface area contributed by atoms with Gasteiger partial charge in [0.25, 0.3) is 0 Å². The van der Waals surface area contributed by atoms with E-state index in [4.69, 9.17) is 4.52 Å². The van der Waals surface area contributed by atoms with Crippen molar-refractivity contribution in [3.8, 4) is 0 Å². The molecule has 0 amide bonds. The van der Waals surface area contributed by atoms with Crippen molar-refractivity contribution < 1.29 is 4.52 Å². The average molecular weight is 177 g/mol. The number of nitrogens with zero attached hydrogens (tertiary/aromatic N) is 3. The summed E-state index contributed by atoms with van der Waals surface area (Å²) in [6.45, 7) is 6.02. The van der Waals surface area contributed by atoms with Crippen LogP contribution in [0.25, 0.3) is 11.0 Å². The van der Waals surface area contributed by atoms with E-state index in [9.17, 15) is 0 Å². The van der Waals surface area contributed by atoms with E-state index in [1.807, 2.05) is 6.92 Å². The minimum absolute atomic E-state index is 0.352. The first kappa shape index (κ1) is 8.16. The molecule has 0 bridgehead atoms. The maximum Gasteiger partial charge on any atom is 0.191 e. The lowest BCUT2D eigenvalue weighted by atomic mass is 10.1. The fraction of sp³-hybridized carbons (Fsp3) is 0.444. The van der Waals surface area contributed by atoms with Gasteiger partial charge in [0.1, 0.15) is 5.69 Å². The standard InChI is InChI=1S/C9H11N3O/c1-5(2)8-7-4-10-11-6(3)9(7)13-12-8/h4-5H,1-3H3. The monoisotopic (exact) mass is 177 g/mol. The summed E-state index contributed by atoms with van der Waals surface area (Å²) in [7, 11) is 0. The molecule has 68 valence electrons. The van der Waals surface area contributed by atoms with Crippen LogP contribution in [0.2, 0.25) is 0 Å². The van der Waals surface area contributed by atoms with Crippen LogP contribution in [0.1, 0.15) is 31.2 Å². The van der Waals surface area contributed by atoms with E-state index in [0.29, 0.717) is 5.92 Å². The third-order valence-corrected chi connectivity index (χ3v) is 2.03. The first-order chi connectivity index (χ1) is 6.20. The smallest absolute Gasteiger partial charge is 0.191 e. The van der Waals surface area contributed by atoms with E-state index in [1.54, 1.807) is 6.20 Å².